The summed E-state index contributed by atoms with van der Waals surface area (Å²) in [5.41, 5.74) is 1.42. The highest BCUT2D eigenvalue weighted by atomic mass is 19.1. The molecule has 1 aliphatic carbocycles. The summed E-state index contributed by atoms with van der Waals surface area (Å²) in [4.78, 5) is 16.0. The maximum absolute atomic E-state index is 13.9. The Labute approximate surface area is 197 Å². The van der Waals surface area contributed by atoms with Crippen LogP contribution in [0.2, 0.25) is 0 Å². The van der Waals surface area contributed by atoms with Gasteiger partial charge in [0.1, 0.15) is 29.9 Å². The molecule has 0 spiro atoms. The molecule has 34 heavy (non-hydrogen) atoms. The van der Waals surface area contributed by atoms with Crippen molar-refractivity contribution in [1.82, 2.24) is 24.7 Å². The lowest BCUT2D eigenvalue weighted by Crippen LogP contribution is -2.43. The highest BCUT2D eigenvalue weighted by Gasteiger charge is 2.43. The van der Waals surface area contributed by atoms with E-state index in [4.69, 9.17) is 14.8 Å². The Morgan fingerprint density at radius 3 is 2.53 bits per heavy atom. The zero-order valence-electron chi connectivity index (χ0n) is 19.2. The van der Waals surface area contributed by atoms with Crippen LogP contribution >= 0.6 is 0 Å². The van der Waals surface area contributed by atoms with E-state index in [1.807, 2.05) is 11.6 Å². The number of benzene rings is 1. The second-order valence-electron chi connectivity index (χ2n) is 9.80. The van der Waals surface area contributed by atoms with Crippen LogP contribution in [0.25, 0.3) is 0 Å². The SMILES string of the molecule is Cc1cc(N2C[C@H]3CC[C@@H](C2)C3Cc2nc3n(n2)CCCO[C@H]3c2cc(F)cc(F)c2)ncn1. The molecule has 0 amide bonds. The van der Waals surface area contributed by atoms with Crippen LogP contribution in [-0.2, 0) is 17.7 Å². The third-order valence-electron chi connectivity index (χ3n) is 7.53. The number of anilines is 1. The highest BCUT2D eigenvalue weighted by Crippen LogP contribution is 2.44. The standard InChI is InChI=1S/C25H28F2N6O/c1-15-7-23(29-14-28-15)32-12-16-3-4-17(13-32)21(16)11-22-30-25-24(34-6-2-5-33(25)31-22)18-8-19(26)10-20(27)9-18/h7-10,14,16-17,21,24H,2-6,11-13H2,1H3/t16-,17+,21?,24-/m0/s1. The van der Waals surface area contributed by atoms with E-state index in [-0.39, 0.29) is 0 Å². The summed E-state index contributed by atoms with van der Waals surface area (Å²) < 4.78 is 35.6. The van der Waals surface area contributed by atoms with Crippen molar-refractivity contribution in [3.8, 4) is 0 Å². The maximum atomic E-state index is 13.9. The predicted molar refractivity (Wildman–Crippen MR) is 121 cm³/mol. The molecule has 6 rings (SSSR count). The lowest BCUT2D eigenvalue weighted by atomic mass is 9.82. The maximum Gasteiger partial charge on any atom is 0.161 e. The van der Waals surface area contributed by atoms with Gasteiger partial charge < -0.3 is 9.64 Å². The molecule has 4 heterocycles. The summed E-state index contributed by atoms with van der Waals surface area (Å²) >= 11 is 0. The first-order valence-electron chi connectivity index (χ1n) is 12.1. The van der Waals surface area contributed by atoms with Crippen molar-refractivity contribution < 1.29 is 13.5 Å². The zero-order valence-corrected chi connectivity index (χ0v) is 19.2. The molecule has 1 saturated heterocycles. The second kappa shape index (κ2) is 8.69. The number of ether oxygens (including phenoxy) is 1. The normalized spacial score (nSPS) is 26.4. The van der Waals surface area contributed by atoms with Gasteiger partial charge in [-0.3, -0.25) is 0 Å². The minimum Gasteiger partial charge on any atom is -0.365 e. The van der Waals surface area contributed by atoms with Crippen LogP contribution in [-0.4, -0.2) is 44.4 Å². The Morgan fingerprint density at radius 1 is 1.03 bits per heavy atom. The molecule has 2 fully saturated rings. The van der Waals surface area contributed by atoms with Gasteiger partial charge in [0.15, 0.2) is 11.6 Å². The average Bonchev–Trinajstić information content (AvgIpc) is 3.20. The number of hydrogen-bond donors (Lipinski definition) is 0. The van der Waals surface area contributed by atoms with E-state index in [1.54, 1.807) is 6.33 Å². The third-order valence-corrected chi connectivity index (χ3v) is 7.53. The topological polar surface area (TPSA) is 69.0 Å². The molecule has 178 valence electrons. The average molecular weight is 467 g/mol. The van der Waals surface area contributed by atoms with E-state index in [1.165, 1.54) is 25.0 Å². The third kappa shape index (κ3) is 4.06. The molecule has 2 bridgehead atoms. The van der Waals surface area contributed by atoms with Crippen LogP contribution in [0.3, 0.4) is 0 Å². The number of hydrogen-bond acceptors (Lipinski definition) is 6. The Kier molecular flexibility index (Phi) is 5.51. The summed E-state index contributed by atoms with van der Waals surface area (Å²) in [5, 5.41) is 4.81. The molecule has 3 aliphatic rings. The molecule has 0 N–H and O–H groups in total. The largest absolute Gasteiger partial charge is 0.365 e. The Morgan fingerprint density at radius 2 is 1.79 bits per heavy atom. The van der Waals surface area contributed by atoms with Crippen LogP contribution in [0.1, 0.15) is 48.3 Å². The molecule has 7 nitrogen and oxygen atoms in total. The van der Waals surface area contributed by atoms with E-state index in [0.29, 0.717) is 42.3 Å². The van der Waals surface area contributed by atoms with Crippen LogP contribution in [0.4, 0.5) is 14.6 Å². The van der Waals surface area contributed by atoms with Gasteiger partial charge in [0, 0.05) is 50.5 Å². The van der Waals surface area contributed by atoms with Crippen molar-refractivity contribution in [3.05, 3.63) is 65.1 Å². The number of rotatable bonds is 4. The number of aryl methyl sites for hydroxylation is 2. The minimum atomic E-state index is -0.617. The van der Waals surface area contributed by atoms with Crippen molar-refractivity contribution in [1.29, 1.82) is 0 Å². The van der Waals surface area contributed by atoms with Gasteiger partial charge in [0.2, 0.25) is 0 Å². The van der Waals surface area contributed by atoms with Crippen LogP contribution in [0, 0.1) is 36.3 Å². The van der Waals surface area contributed by atoms with Crippen molar-refractivity contribution in [3.63, 3.8) is 0 Å². The van der Waals surface area contributed by atoms with Gasteiger partial charge in [-0.1, -0.05) is 0 Å². The van der Waals surface area contributed by atoms with E-state index in [9.17, 15) is 8.78 Å². The predicted octanol–water partition coefficient (Wildman–Crippen LogP) is 3.87. The van der Waals surface area contributed by atoms with Gasteiger partial charge in [-0.2, -0.15) is 5.10 Å². The minimum absolute atomic E-state index is 0.438. The van der Waals surface area contributed by atoms with Crippen molar-refractivity contribution >= 4 is 5.82 Å². The number of aromatic nitrogens is 5. The van der Waals surface area contributed by atoms with Crippen LogP contribution in [0.5, 0.6) is 0 Å². The van der Waals surface area contributed by atoms with Gasteiger partial charge >= 0.3 is 0 Å². The molecule has 2 aromatic heterocycles. The number of fused-ring (bicyclic) bond motifs is 3. The molecule has 2 aliphatic heterocycles. The van der Waals surface area contributed by atoms with Crippen LogP contribution in [0.15, 0.2) is 30.6 Å². The molecule has 0 radical (unpaired) electrons. The van der Waals surface area contributed by atoms with Crippen molar-refractivity contribution in [2.45, 2.75) is 45.3 Å². The van der Waals surface area contributed by atoms with Crippen molar-refractivity contribution in [2.75, 3.05) is 24.6 Å². The van der Waals surface area contributed by atoms with Crippen molar-refractivity contribution in [2.24, 2.45) is 17.8 Å². The quantitative estimate of drug-likeness (QED) is 0.582. The number of halogens is 2. The summed E-state index contributed by atoms with van der Waals surface area (Å²) in [7, 11) is 0. The highest BCUT2D eigenvalue weighted by molar-refractivity contribution is 5.40. The molecule has 1 aromatic carbocycles. The lowest BCUT2D eigenvalue weighted by Gasteiger charge is -2.38. The monoisotopic (exact) mass is 466 g/mol. The fourth-order valence-electron chi connectivity index (χ4n) is 5.99. The Hall–Kier alpha value is -2.94. The van der Waals surface area contributed by atoms with E-state index < -0.39 is 17.7 Å². The van der Waals surface area contributed by atoms with E-state index >= 15 is 0 Å². The molecule has 1 saturated carbocycles. The van der Waals surface area contributed by atoms with E-state index in [2.05, 4.69) is 20.9 Å². The summed E-state index contributed by atoms with van der Waals surface area (Å²) in [6, 6.07) is 5.58. The van der Waals surface area contributed by atoms with Gasteiger partial charge in [0.05, 0.1) is 0 Å². The Bertz CT molecular complexity index is 1170. The molecule has 3 aromatic rings. The number of nitrogens with zero attached hydrogens (tertiary/aromatic N) is 6. The molecule has 1 unspecified atom stereocenters. The summed E-state index contributed by atoms with van der Waals surface area (Å²) in [5.74, 6) is 2.89. The summed E-state index contributed by atoms with van der Waals surface area (Å²) in [6.07, 6.45) is 5.04. The summed E-state index contributed by atoms with van der Waals surface area (Å²) in [6.45, 7) is 5.15. The van der Waals surface area contributed by atoms with Gasteiger partial charge in [-0.15, -0.1) is 0 Å². The van der Waals surface area contributed by atoms with E-state index in [0.717, 1.165) is 49.3 Å². The van der Waals surface area contributed by atoms with Gasteiger partial charge in [-0.25, -0.2) is 28.4 Å². The molecule has 4 atom stereocenters. The first-order chi connectivity index (χ1) is 16.5. The smallest absolute Gasteiger partial charge is 0.161 e. The molecule has 9 heteroatoms. The lowest BCUT2D eigenvalue weighted by molar-refractivity contribution is 0.0806. The van der Waals surface area contributed by atoms with Gasteiger partial charge in [-0.05, 0) is 61.6 Å². The molecular weight excluding hydrogens is 438 g/mol. The molecular formula is C25H28F2N6O. The van der Waals surface area contributed by atoms with Crippen LogP contribution < -0.4 is 4.90 Å². The number of piperidine rings is 1. The Balaban J connectivity index is 1.22. The fraction of sp³-hybridized carbons (Fsp3) is 0.520. The first kappa shape index (κ1) is 21.6. The zero-order chi connectivity index (χ0) is 23.2. The first-order valence-corrected chi connectivity index (χ1v) is 12.1. The second-order valence-corrected chi connectivity index (χ2v) is 9.80. The fourth-order valence-corrected chi connectivity index (χ4v) is 5.99. The van der Waals surface area contributed by atoms with Gasteiger partial charge in [0.25, 0.3) is 0 Å².